The Bertz CT molecular complexity index is 416. The van der Waals surface area contributed by atoms with Crippen LogP contribution in [0.2, 0.25) is 0 Å². The third kappa shape index (κ3) is 1.93. The van der Waals surface area contributed by atoms with Gasteiger partial charge < -0.3 is 0 Å². The van der Waals surface area contributed by atoms with Gasteiger partial charge in [-0.3, -0.25) is 4.84 Å². The molecule has 2 heteroatoms. The molecule has 4 fully saturated rings. The Morgan fingerprint density at radius 2 is 1.47 bits per heavy atom. The number of nitrogens with two attached hydrogens (primary N) is 1. The van der Waals surface area contributed by atoms with E-state index in [2.05, 4.69) is 30.3 Å². The molecule has 1 unspecified atom stereocenters. The van der Waals surface area contributed by atoms with Crippen LogP contribution in [0.3, 0.4) is 0 Å². The van der Waals surface area contributed by atoms with Crippen molar-refractivity contribution in [2.45, 2.75) is 38.2 Å². The van der Waals surface area contributed by atoms with Crippen LogP contribution in [0.1, 0.15) is 43.8 Å². The van der Waals surface area contributed by atoms with Crippen molar-refractivity contribution < 1.29 is 4.84 Å². The number of benzene rings is 1. The molecule has 0 aromatic heterocycles. The van der Waals surface area contributed by atoms with Gasteiger partial charge in [-0.05, 0) is 67.3 Å². The molecular formula is C17H23NO. The number of hydrogen-bond acceptors (Lipinski definition) is 2. The molecule has 4 aliphatic carbocycles. The summed E-state index contributed by atoms with van der Waals surface area (Å²) in [6, 6.07) is 10.6. The predicted octanol–water partition coefficient (Wildman–Crippen LogP) is 3.69. The summed E-state index contributed by atoms with van der Waals surface area (Å²) >= 11 is 0. The van der Waals surface area contributed by atoms with Gasteiger partial charge in [-0.2, -0.15) is 0 Å². The van der Waals surface area contributed by atoms with Gasteiger partial charge in [0.25, 0.3) is 0 Å². The van der Waals surface area contributed by atoms with Crippen LogP contribution >= 0.6 is 0 Å². The fourth-order valence-corrected chi connectivity index (χ4v) is 5.50. The molecular weight excluding hydrogens is 234 g/mol. The molecule has 1 atom stereocenters. The summed E-state index contributed by atoms with van der Waals surface area (Å²) in [5, 5.41) is 0. The molecule has 1 aromatic carbocycles. The third-order valence-electron chi connectivity index (χ3n) is 5.92. The van der Waals surface area contributed by atoms with Gasteiger partial charge in [-0.15, -0.1) is 0 Å². The van der Waals surface area contributed by atoms with Crippen molar-refractivity contribution in [3.05, 3.63) is 35.9 Å². The van der Waals surface area contributed by atoms with Gasteiger partial charge in [0.15, 0.2) is 0 Å². The van der Waals surface area contributed by atoms with Gasteiger partial charge in [-0.25, -0.2) is 5.90 Å². The fourth-order valence-electron chi connectivity index (χ4n) is 5.50. The van der Waals surface area contributed by atoms with Gasteiger partial charge in [0, 0.05) is 0 Å². The van der Waals surface area contributed by atoms with E-state index in [4.69, 9.17) is 10.7 Å². The highest BCUT2D eigenvalue weighted by molar-refractivity contribution is 5.20. The maximum absolute atomic E-state index is 5.68. The molecule has 0 spiro atoms. The van der Waals surface area contributed by atoms with Crippen molar-refractivity contribution in [1.29, 1.82) is 0 Å². The monoisotopic (exact) mass is 257 g/mol. The molecule has 4 bridgehead atoms. The van der Waals surface area contributed by atoms with E-state index < -0.39 is 0 Å². The summed E-state index contributed by atoms with van der Waals surface area (Å²) in [4.78, 5) is 5.46. The highest BCUT2D eigenvalue weighted by atomic mass is 16.6. The highest BCUT2D eigenvalue weighted by Crippen LogP contribution is 2.59. The van der Waals surface area contributed by atoms with Crippen LogP contribution in [-0.2, 0) is 4.84 Å². The first kappa shape index (κ1) is 11.9. The van der Waals surface area contributed by atoms with Crippen molar-refractivity contribution in [1.82, 2.24) is 0 Å². The summed E-state index contributed by atoms with van der Waals surface area (Å²) in [7, 11) is 0. The van der Waals surface area contributed by atoms with E-state index in [0.717, 1.165) is 23.7 Å². The molecule has 102 valence electrons. The Balaban J connectivity index is 1.64. The average Bonchev–Trinajstić information content (AvgIpc) is 2.43. The van der Waals surface area contributed by atoms with Gasteiger partial charge in [-0.1, -0.05) is 30.3 Å². The van der Waals surface area contributed by atoms with Crippen LogP contribution in [-0.4, -0.2) is 0 Å². The molecule has 2 N–H and O–H groups in total. The largest absolute Gasteiger partial charge is 0.296 e. The van der Waals surface area contributed by atoms with Crippen LogP contribution in [0.5, 0.6) is 0 Å². The van der Waals surface area contributed by atoms with Crippen LogP contribution in [0, 0.1) is 29.6 Å². The maximum Gasteiger partial charge on any atom is 0.107 e. The van der Waals surface area contributed by atoms with E-state index in [-0.39, 0.29) is 6.10 Å². The van der Waals surface area contributed by atoms with Crippen molar-refractivity contribution >= 4 is 0 Å². The van der Waals surface area contributed by atoms with Crippen LogP contribution < -0.4 is 5.90 Å². The Labute approximate surface area is 115 Å². The summed E-state index contributed by atoms with van der Waals surface area (Å²) in [6.45, 7) is 0. The van der Waals surface area contributed by atoms with Crippen molar-refractivity contribution in [3.63, 3.8) is 0 Å². The Kier molecular flexibility index (Phi) is 2.89. The van der Waals surface area contributed by atoms with E-state index in [9.17, 15) is 0 Å². The highest BCUT2D eigenvalue weighted by Gasteiger charge is 2.51. The van der Waals surface area contributed by atoms with E-state index >= 15 is 0 Å². The summed E-state index contributed by atoms with van der Waals surface area (Å²) in [6.07, 6.45) is 7.29. The quantitative estimate of drug-likeness (QED) is 0.838. The lowest BCUT2D eigenvalue weighted by atomic mass is 9.50. The Morgan fingerprint density at radius 1 is 0.895 bits per heavy atom. The topological polar surface area (TPSA) is 35.2 Å². The second kappa shape index (κ2) is 4.60. The van der Waals surface area contributed by atoms with Gasteiger partial charge in [0.2, 0.25) is 0 Å². The molecule has 2 nitrogen and oxygen atoms in total. The zero-order valence-corrected chi connectivity index (χ0v) is 11.4. The maximum atomic E-state index is 5.68. The lowest BCUT2D eigenvalue weighted by Gasteiger charge is -2.56. The first-order valence-corrected chi connectivity index (χ1v) is 7.75. The molecule has 0 radical (unpaired) electrons. The van der Waals surface area contributed by atoms with E-state index in [1.165, 1.54) is 37.7 Å². The molecule has 4 saturated carbocycles. The lowest BCUT2D eigenvalue weighted by molar-refractivity contribution is -0.115. The number of hydrogen-bond donors (Lipinski definition) is 1. The zero-order valence-electron chi connectivity index (χ0n) is 11.4. The first-order valence-electron chi connectivity index (χ1n) is 7.75. The molecule has 0 saturated heterocycles. The molecule has 4 aliphatic rings. The third-order valence-corrected chi connectivity index (χ3v) is 5.92. The SMILES string of the molecule is NOC(c1ccccc1)C1C2CC3CC(C2)CC1C3. The Morgan fingerprint density at radius 3 is 2.00 bits per heavy atom. The second-order valence-corrected chi connectivity index (χ2v) is 6.98. The molecule has 1 aromatic rings. The second-order valence-electron chi connectivity index (χ2n) is 6.98. The predicted molar refractivity (Wildman–Crippen MR) is 75.0 cm³/mol. The summed E-state index contributed by atoms with van der Waals surface area (Å²) in [5.74, 6) is 10.1. The van der Waals surface area contributed by atoms with Crippen LogP contribution in [0.4, 0.5) is 0 Å². The minimum atomic E-state index is 0.108. The van der Waals surface area contributed by atoms with Gasteiger partial charge >= 0.3 is 0 Å². The molecule has 0 amide bonds. The summed E-state index contributed by atoms with van der Waals surface area (Å²) < 4.78 is 0. The smallest absolute Gasteiger partial charge is 0.107 e. The van der Waals surface area contributed by atoms with Crippen LogP contribution in [0.25, 0.3) is 0 Å². The van der Waals surface area contributed by atoms with Crippen molar-refractivity contribution in [3.8, 4) is 0 Å². The van der Waals surface area contributed by atoms with Gasteiger partial charge in [0.05, 0.1) is 0 Å². The Hall–Kier alpha value is -0.860. The van der Waals surface area contributed by atoms with Crippen molar-refractivity contribution in [2.24, 2.45) is 35.5 Å². The minimum absolute atomic E-state index is 0.108. The molecule has 5 rings (SSSR count). The average molecular weight is 257 g/mol. The lowest BCUT2D eigenvalue weighted by Crippen LogP contribution is -2.47. The van der Waals surface area contributed by atoms with Crippen molar-refractivity contribution in [2.75, 3.05) is 0 Å². The molecule has 0 aliphatic heterocycles. The first-order chi connectivity index (χ1) is 9.35. The van der Waals surface area contributed by atoms with Gasteiger partial charge in [0.1, 0.15) is 6.10 Å². The summed E-state index contributed by atoms with van der Waals surface area (Å²) in [5.41, 5.74) is 1.27. The minimum Gasteiger partial charge on any atom is -0.296 e. The fraction of sp³-hybridized carbons (Fsp3) is 0.647. The molecule has 19 heavy (non-hydrogen) atoms. The van der Waals surface area contributed by atoms with Crippen LogP contribution in [0.15, 0.2) is 30.3 Å². The normalized spacial score (nSPS) is 41.4. The van der Waals surface area contributed by atoms with E-state index in [1.807, 2.05) is 0 Å². The van der Waals surface area contributed by atoms with E-state index in [1.54, 1.807) is 0 Å². The van der Waals surface area contributed by atoms with E-state index in [0.29, 0.717) is 5.92 Å². The number of rotatable bonds is 3. The molecule has 0 heterocycles. The standard InChI is InChI=1S/C17H23NO/c18-19-17(13-4-2-1-3-5-13)16-14-7-11-6-12(9-14)10-15(16)8-11/h1-5,11-12,14-17H,6-10,18H2. The zero-order chi connectivity index (χ0) is 12.8.